The van der Waals surface area contributed by atoms with E-state index in [1.54, 1.807) is 13.0 Å². The molecule has 0 aromatic carbocycles. The Kier molecular flexibility index (Phi) is 3.12. The van der Waals surface area contributed by atoms with Crippen molar-refractivity contribution in [3.63, 3.8) is 0 Å². The van der Waals surface area contributed by atoms with Crippen LogP contribution in [0.25, 0.3) is 0 Å². The number of nitrogens with one attached hydrogen (secondary N) is 1. The number of aryl methyl sites for hydroxylation is 1. The number of aliphatic carboxylic acids is 1. The number of rotatable bonds is 3. The lowest BCUT2D eigenvalue weighted by Gasteiger charge is -2.10. The zero-order valence-corrected chi connectivity index (χ0v) is 9.47. The van der Waals surface area contributed by atoms with Gasteiger partial charge in [-0.3, -0.25) is 9.59 Å². The van der Waals surface area contributed by atoms with Gasteiger partial charge in [-0.05, 0) is 26.2 Å². The molecule has 0 spiro atoms. The molecule has 0 aliphatic heterocycles. The fourth-order valence-corrected chi connectivity index (χ4v) is 2.06. The molecule has 6 heteroatoms. The van der Waals surface area contributed by atoms with Crippen molar-refractivity contribution in [3.05, 3.63) is 17.5 Å². The van der Waals surface area contributed by atoms with Gasteiger partial charge in [-0.2, -0.15) is 0 Å². The number of carbonyl (C=O) groups is 2. The van der Waals surface area contributed by atoms with Crippen LogP contribution >= 0.6 is 0 Å². The fourth-order valence-electron chi connectivity index (χ4n) is 2.06. The van der Waals surface area contributed by atoms with Crippen LogP contribution in [0.1, 0.15) is 35.5 Å². The summed E-state index contributed by atoms with van der Waals surface area (Å²) >= 11 is 0. The average molecular weight is 238 g/mol. The second kappa shape index (κ2) is 4.57. The second-order valence-corrected chi connectivity index (χ2v) is 4.35. The fraction of sp³-hybridized carbons (Fsp3) is 0.545. The van der Waals surface area contributed by atoms with Crippen molar-refractivity contribution in [1.29, 1.82) is 0 Å². The summed E-state index contributed by atoms with van der Waals surface area (Å²) in [6, 6.07) is 1.47. The molecule has 2 atom stereocenters. The van der Waals surface area contributed by atoms with Gasteiger partial charge in [0.2, 0.25) is 5.76 Å². The predicted octanol–water partition coefficient (Wildman–Crippen LogP) is 0.966. The van der Waals surface area contributed by atoms with Crippen molar-refractivity contribution < 1.29 is 19.2 Å². The predicted molar refractivity (Wildman–Crippen MR) is 57.5 cm³/mol. The number of hydrogen-bond donors (Lipinski definition) is 2. The first-order valence-corrected chi connectivity index (χ1v) is 5.53. The molecule has 0 saturated heterocycles. The summed E-state index contributed by atoms with van der Waals surface area (Å²) in [7, 11) is 0. The lowest BCUT2D eigenvalue weighted by Crippen LogP contribution is -2.33. The molecule has 1 heterocycles. The maximum Gasteiger partial charge on any atom is 0.306 e. The lowest BCUT2D eigenvalue weighted by molar-refractivity contribution is -0.141. The van der Waals surface area contributed by atoms with E-state index in [0.717, 1.165) is 0 Å². The minimum absolute atomic E-state index is 0.0889. The highest BCUT2D eigenvalue weighted by Crippen LogP contribution is 2.25. The maximum atomic E-state index is 11.7. The standard InChI is InChI=1S/C11H14N2O4/c1-6-4-9(17-13-6)10(14)12-8-3-2-7(5-8)11(15)16/h4,7-8H,2-3,5H2,1H3,(H,12,14)(H,15,16)/t7-,8-/m1/s1. The lowest BCUT2D eigenvalue weighted by atomic mass is 10.1. The Morgan fingerprint density at radius 1 is 1.53 bits per heavy atom. The molecule has 1 fully saturated rings. The SMILES string of the molecule is Cc1cc(C(=O)N[C@@H]2CC[C@@H](C(=O)O)C2)on1. The van der Waals surface area contributed by atoms with Crippen LogP contribution in [0.3, 0.4) is 0 Å². The van der Waals surface area contributed by atoms with Gasteiger partial charge in [0, 0.05) is 12.1 Å². The molecule has 1 saturated carbocycles. The molecule has 0 radical (unpaired) electrons. The van der Waals surface area contributed by atoms with Gasteiger partial charge in [0.15, 0.2) is 0 Å². The van der Waals surface area contributed by atoms with Crippen molar-refractivity contribution in [2.24, 2.45) is 5.92 Å². The number of hydrogen-bond acceptors (Lipinski definition) is 4. The van der Waals surface area contributed by atoms with Gasteiger partial charge < -0.3 is 14.9 Å². The molecule has 2 N–H and O–H groups in total. The monoisotopic (exact) mass is 238 g/mol. The van der Waals surface area contributed by atoms with Crippen molar-refractivity contribution in [3.8, 4) is 0 Å². The van der Waals surface area contributed by atoms with Gasteiger partial charge in [0.05, 0.1) is 11.6 Å². The van der Waals surface area contributed by atoms with Crippen molar-refractivity contribution in [2.45, 2.75) is 32.2 Å². The number of amides is 1. The van der Waals surface area contributed by atoms with Gasteiger partial charge in [-0.25, -0.2) is 0 Å². The summed E-state index contributed by atoms with van der Waals surface area (Å²) < 4.78 is 4.83. The Balaban J connectivity index is 1.90. The third-order valence-corrected chi connectivity index (χ3v) is 2.97. The van der Waals surface area contributed by atoms with Crippen LogP contribution in [0.4, 0.5) is 0 Å². The first-order chi connectivity index (χ1) is 8.06. The Bertz CT molecular complexity index is 440. The summed E-state index contributed by atoms with van der Waals surface area (Å²) in [4.78, 5) is 22.5. The van der Waals surface area contributed by atoms with Crippen molar-refractivity contribution in [1.82, 2.24) is 10.5 Å². The van der Waals surface area contributed by atoms with E-state index < -0.39 is 5.97 Å². The molecule has 1 aliphatic carbocycles. The number of carbonyl (C=O) groups excluding carboxylic acids is 1. The molecule has 17 heavy (non-hydrogen) atoms. The van der Waals surface area contributed by atoms with E-state index in [-0.39, 0.29) is 23.6 Å². The summed E-state index contributed by atoms with van der Waals surface area (Å²) in [5.74, 6) is -1.31. The molecule has 0 bridgehead atoms. The Morgan fingerprint density at radius 3 is 2.82 bits per heavy atom. The smallest absolute Gasteiger partial charge is 0.306 e. The molecule has 1 aromatic rings. The molecular formula is C11H14N2O4. The van der Waals surface area contributed by atoms with Crippen molar-refractivity contribution >= 4 is 11.9 Å². The highest BCUT2D eigenvalue weighted by molar-refractivity contribution is 5.91. The minimum Gasteiger partial charge on any atom is -0.481 e. The normalized spacial score (nSPS) is 23.6. The van der Waals surface area contributed by atoms with E-state index in [2.05, 4.69) is 10.5 Å². The van der Waals surface area contributed by atoms with Crippen molar-refractivity contribution in [2.75, 3.05) is 0 Å². The average Bonchev–Trinajstić information content (AvgIpc) is 2.86. The van der Waals surface area contributed by atoms with E-state index in [4.69, 9.17) is 9.63 Å². The molecule has 1 amide bonds. The molecule has 0 unspecified atom stereocenters. The number of carboxylic acid groups (broad SMARTS) is 1. The van der Waals surface area contributed by atoms with Crippen LogP contribution in [0.5, 0.6) is 0 Å². The van der Waals surface area contributed by atoms with Crippen LogP contribution in [0.2, 0.25) is 0 Å². The van der Waals surface area contributed by atoms with E-state index in [1.165, 1.54) is 0 Å². The van der Waals surface area contributed by atoms with E-state index >= 15 is 0 Å². The summed E-state index contributed by atoms with van der Waals surface area (Å²) in [5, 5.41) is 15.2. The molecule has 92 valence electrons. The van der Waals surface area contributed by atoms with Gasteiger partial charge in [0.1, 0.15) is 0 Å². The van der Waals surface area contributed by atoms with E-state index in [9.17, 15) is 9.59 Å². The highest BCUT2D eigenvalue weighted by Gasteiger charge is 2.31. The molecule has 1 aromatic heterocycles. The van der Waals surface area contributed by atoms with Gasteiger partial charge in [0.25, 0.3) is 5.91 Å². The number of aromatic nitrogens is 1. The third kappa shape index (κ3) is 2.64. The molecule has 6 nitrogen and oxygen atoms in total. The topological polar surface area (TPSA) is 92.4 Å². The quantitative estimate of drug-likeness (QED) is 0.818. The minimum atomic E-state index is -0.794. The van der Waals surface area contributed by atoms with Crippen LogP contribution in [0.15, 0.2) is 10.6 Å². The van der Waals surface area contributed by atoms with E-state index in [1.807, 2.05) is 0 Å². The summed E-state index contributed by atoms with van der Waals surface area (Å²) in [5.41, 5.74) is 0.644. The van der Waals surface area contributed by atoms with E-state index in [0.29, 0.717) is 25.0 Å². The Morgan fingerprint density at radius 2 is 2.29 bits per heavy atom. The largest absolute Gasteiger partial charge is 0.481 e. The van der Waals surface area contributed by atoms with Gasteiger partial charge in [-0.15, -0.1) is 0 Å². The highest BCUT2D eigenvalue weighted by atomic mass is 16.5. The molecule has 1 aliphatic rings. The summed E-state index contributed by atoms with van der Waals surface area (Å²) in [6.07, 6.45) is 1.78. The second-order valence-electron chi connectivity index (χ2n) is 4.35. The summed E-state index contributed by atoms with van der Waals surface area (Å²) in [6.45, 7) is 1.73. The molecular weight excluding hydrogens is 224 g/mol. The van der Waals surface area contributed by atoms with Crippen LogP contribution in [0, 0.1) is 12.8 Å². The van der Waals surface area contributed by atoms with Gasteiger partial charge in [-0.1, -0.05) is 5.16 Å². The number of carboxylic acids is 1. The number of nitrogens with zero attached hydrogens (tertiary/aromatic N) is 1. The maximum absolute atomic E-state index is 11.7. The first-order valence-electron chi connectivity index (χ1n) is 5.53. The van der Waals surface area contributed by atoms with Crippen LogP contribution < -0.4 is 5.32 Å². The zero-order valence-electron chi connectivity index (χ0n) is 9.47. The Labute approximate surface area is 98.0 Å². The van der Waals surface area contributed by atoms with Gasteiger partial charge >= 0.3 is 5.97 Å². The van der Waals surface area contributed by atoms with Crippen LogP contribution in [-0.2, 0) is 4.79 Å². The zero-order chi connectivity index (χ0) is 12.4. The Hall–Kier alpha value is -1.85. The first kappa shape index (κ1) is 11.6. The molecule has 2 rings (SSSR count). The van der Waals surface area contributed by atoms with Crippen LogP contribution in [-0.4, -0.2) is 28.2 Å². The third-order valence-electron chi connectivity index (χ3n) is 2.97.